The molecule has 1 unspecified atom stereocenters. The van der Waals surface area contributed by atoms with E-state index in [1.807, 2.05) is 0 Å². The van der Waals surface area contributed by atoms with Gasteiger partial charge in [0, 0.05) is 0 Å². The molecule has 0 aromatic heterocycles. The summed E-state index contributed by atoms with van der Waals surface area (Å²) in [6.45, 7) is 4.79. The molecular formula is C8H19O4Ti. The second kappa shape index (κ2) is 14.9. The Morgan fingerprint density at radius 3 is 2.31 bits per heavy atom. The van der Waals surface area contributed by atoms with E-state index in [2.05, 4.69) is 18.7 Å². The summed E-state index contributed by atoms with van der Waals surface area (Å²) in [5.41, 5.74) is 0. The van der Waals surface area contributed by atoms with Crippen LogP contribution in [0.15, 0.2) is 0 Å². The number of hydrogen-bond donors (Lipinski definition) is 2. The van der Waals surface area contributed by atoms with E-state index in [1.54, 1.807) is 0 Å². The van der Waals surface area contributed by atoms with E-state index in [4.69, 9.17) is 12.3 Å². The molecule has 0 aliphatic carbocycles. The molecule has 0 amide bonds. The predicted octanol–water partition coefficient (Wildman–Crippen LogP) is 2.01. The number of rotatable bonds is 6. The van der Waals surface area contributed by atoms with Gasteiger partial charge in [0.15, 0.2) is 0 Å². The van der Waals surface area contributed by atoms with Crippen molar-refractivity contribution in [2.75, 3.05) is 6.61 Å². The standard InChI is InChI=1S/C8H18O2.H2O.O.Ti/c1-3-5-6-8(4-2)7-10-9;;;/h8-9H,3-7H2,1-2H3;1H2;;/q;;;+1/p-1. The van der Waals surface area contributed by atoms with Crippen molar-refractivity contribution in [3.8, 4) is 0 Å². The fourth-order valence-electron chi connectivity index (χ4n) is 1.00. The molecule has 0 heterocycles. The van der Waals surface area contributed by atoms with Crippen LogP contribution in [0.1, 0.15) is 39.5 Å². The van der Waals surface area contributed by atoms with Gasteiger partial charge in [0.2, 0.25) is 0 Å². The van der Waals surface area contributed by atoms with Crippen molar-refractivity contribution in [1.29, 1.82) is 0 Å². The number of hydrogen-bond acceptors (Lipinski definition) is 3. The molecule has 79 valence electrons. The molecule has 4 nitrogen and oxygen atoms in total. The summed E-state index contributed by atoms with van der Waals surface area (Å²) in [4.78, 5) is 4.09. The van der Waals surface area contributed by atoms with Crippen LogP contribution in [0, 0.1) is 5.92 Å². The van der Waals surface area contributed by atoms with Gasteiger partial charge in [-0.1, -0.05) is 33.1 Å². The molecule has 0 aliphatic rings. The van der Waals surface area contributed by atoms with Crippen molar-refractivity contribution >= 4 is 0 Å². The summed E-state index contributed by atoms with van der Waals surface area (Å²) < 4.78 is 15.8. The van der Waals surface area contributed by atoms with Crippen LogP contribution in [0.4, 0.5) is 0 Å². The molecular weight excluding hydrogens is 208 g/mol. The van der Waals surface area contributed by atoms with Crippen LogP contribution in [0.2, 0.25) is 0 Å². The van der Waals surface area contributed by atoms with E-state index in [9.17, 15) is 0 Å². The van der Waals surface area contributed by atoms with Crippen LogP contribution in [-0.2, 0) is 27.7 Å². The summed E-state index contributed by atoms with van der Waals surface area (Å²) >= 11 is -1.75. The SMILES string of the molecule is CCCCC(CC)COO.[O]=[Ti][OH]. The third kappa shape index (κ3) is 15.2. The van der Waals surface area contributed by atoms with Crippen molar-refractivity contribution in [1.82, 2.24) is 0 Å². The zero-order valence-corrected chi connectivity index (χ0v) is 9.89. The van der Waals surface area contributed by atoms with E-state index >= 15 is 0 Å². The minimum atomic E-state index is -1.75. The average molecular weight is 227 g/mol. The van der Waals surface area contributed by atoms with Crippen LogP contribution < -0.4 is 0 Å². The van der Waals surface area contributed by atoms with E-state index in [-0.39, 0.29) is 0 Å². The third-order valence-electron chi connectivity index (χ3n) is 1.85. The van der Waals surface area contributed by atoms with Gasteiger partial charge in [0.1, 0.15) is 0 Å². The van der Waals surface area contributed by atoms with Crippen LogP contribution in [0.5, 0.6) is 0 Å². The molecule has 0 aliphatic heterocycles. The van der Waals surface area contributed by atoms with Crippen molar-refractivity contribution in [3.63, 3.8) is 0 Å². The second-order valence-corrected chi connectivity index (χ2v) is 3.09. The molecule has 13 heavy (non-hydrogen) atoms. The Hall–Kier alpha value is 0.394. The fourth-order valence-corrected chi connectivity index (χ4v) is 1.00. The van der Waals surface area contributed by atoms with E-state index in [0.29, 0.717) is 12.5 Å². The number of unbranched alkanes of at least 4 members (excludes halogenated alkanes) is 1. The zero-order valence-electron chi connectivity index (χ0n) is 8.32. The summed E-state index contributed by atoms with van der Waals surface area (Å²) in [5.74, 6) is 0.546. The molecule has 0 radical (unpaired) electrons. The molecule has 2 N–H and O–H groups in total. The van der Waals surface area contributed by atoms with E-state index < -0.39 is 19.5 Å². The first-order valence-electron chi connectivity index (χ1n) is 4.54. The molecule has 0 rings (SSSR count). The fraction of sp³-hybridized carbons (Fsp3) is 1.00. The van der Waals surface area contributed by atoms with Crippen LogP contribution in [0.3, 0.4) is 0 Å². The third-order valence-corrected chi connectivity index (χ3v) is 1.85. The topological polar surface area (TPSA) is 66.8 Å². The summed E-state index contributed by atoms with van der Waals surface area (Å²) in [6.07, 6.45) is 4.73. The van der Waals surface area contributed by atoms with Crippen molar-refractivity contribution in [2.45, 2.75) is 39.5 Å². The van der Waals surface area contributed by atoms with E-state index in [1.165, 1.54) is 19.3 Å². The Morgan fingerprint density at radius 1 is 1.46 bits per heavy atom. The van der Waals surface area contributed by atoms with E-state index in [0.717, 1.165) is 6.42 Å². The Morgan fingerprint density at radius 2 is 2.00 bits per heavy atom. The van der Waals surface area contributed by atoms with Gasteiger partial charge in [-0.15, -0.1) is 0 Å². The Kier molecular flexibility index (Phi) is 18.2. The monoisotopic (exact) mass is 227 g/mol. The van der Waals surface area contributed by atoms with Gasteiger partial charge in [-0.05, 0) is 12.3 Å². The van der Waals surface area contributed by atoms with Gasteiger partial charge in [-0.25, -0.2) is 4.89 Å². The molecule has 0 aromatic rings. The molecule has 0 fully saturated rings. The molecule has 0 saturated heterocycles. The van der Waals surface area contributed by atoms with Crippen LogP contribution >= 0.6 is 0 Å². The second-order valence-electron chi connectivity index (χ2n) is 2.80. The molecule has 5 heteroatoms. The Labute approximate surface area is 89.0 Å². The molecule has 0 spiro atoms. The predicted molar refractivity (Wildman–Crippen MR) is 44.8 cm³/mol. The molecule has 1 atom stereocenters. The Balaban J connectivity index is 0. The average Bonchev–Trinajstić information content (AvgIpc) is 2.13. The quantitative estimate of drug-likeness (QED) is 0.413. The first kappa shape index (κ1) is 15.8. The first-order valence-corrected chi connectivity index (χ1v) is 5.87. The zero-order chi connectivity index (χ0) is 10.5. The van der Waals surface area contributed by atoms with Crippen molar-refractivity contribution in [2.24, 2.45) is 5.92 Å². The summed E-state index contributed by atoms with van der Waals surface area (Å²) in [5, 5.41) is 8.17. The van der Waals surface area contributed by atoms with Gasteiger partial charge < -0.3 is 0 Å². The summed E-state index contributed by atoms with van der Waals surface area (Å²) in [6, 6.07) is 0. The van der Waals surface area contributed by atoms with Gasteiger partial charge in [-0.2, -0.15) is 0 Å². The van der Waals surface area contributed by atoms with Crippen LogP contribution in [0.25, 0.3) is 0 Å². The first-order chi connectivity index (χ1) is 6.26. The van der Waals surface area contributed by atoms with Gasteiger partial charge >= 0.3 is 26.5 Å². The van der Waals surface area contributed by atoms with Crippen LogP contribution in [-0.4, -0.2) is 15.6 Å². The normalized spacial score (nSPS) is 11.1. The van der Waals surface area contributed by atoms with Crippen molar-refractivity contribution in [3.05, 3.63) is 0 Å². The van der Waals surface area contributed by atoms with Crippen molar-refractivity contribution < 1.29 is 36.7 Å². The maximum absolute atomic E-state index is 8.61. The maximum atomic E-state index is 8.61. The van der Waals surface area contributed by atoms with Gasteiger partial charge in [-0.3, -0.25) is 5.26 Å². The molecule has 0 saturated carbocycles. The minimum absolute atomic E-state index is 0.497. The molecule has 0 aromatic carbocycles. The Bertz CT molecular complexity index is 100. The molecule has 0 bridgehead atoms. The van der Waals surface area contributed by atoms with Gasteiger partial charge in [0.05, 0.1) is 6.61 Å². The summed E-state index contributed by atoms with van der Waals surface area (Å²) in [7, 11) is 0. The van der Waals surface area contributed by atoms with Gasteiger partial charge in [0.25, 0.3) is 0 Å².